The van der Waals surface area contributed by atoms with Crippen molar-refractivity contribution < 1.29 is 18.5 Å². The molecule has 0 radical (unpaired) electrons. The quantitative estimate of drug-likeness (QED) is 0.655. The number of hydrogen-bond donors (Lipinski definition) is 1. The highest BCUT2D eigenvalue weighted by Gasteiger charge is 2.23. The Kier molecular flexibility index (Phi) is 5.26. The maximum Gasteiger partial charge on any atom is 0.292 e. The molecule has 0 atom stereocenters. The summed E-state index contributed by atoms with van der Waals surface area (Å²) in [7, 11) is 0. The summed E-state index contributed by atoms with van der Waals surface area (Å²) in [5, 5.41) is 4.46. The molecule has 0 unspecified atom stereocenters. The molecule has 0 aliphatic carbocycles. The lowest BCUT2D eigenvalue weighted by molar-refractivity contribution is -0.924. The van der Waals surface area contributed by atoms with Crippen molar-refractivity contribution in [3.05, 3.63) is 47.5 Å². The molecule has 8 heteroatoms. The highest BCUT2D eigenvalue weighted by atomic mass is 32.1. The Morgan fingerprint density at radius 1 is 1.19 bits per heavy atom. The van der Waals surface area contributed by atoms with Gasteiger partial charge in [0.1, 0.15) is 5.75 Å². The largest absolute Gasteiger partial charge is 0.492 e. The fourth-order valence-electron chi connectivity index (χ4n) is 3.34. The fraction of sp³-hybridized carbons (Fsp3) is 0.368. The zero-order chi connectivity index (χ0) is 18.6. The van der Waals surface area contributed by atoms with Crippen LogP contribution < -0.4 is 14.5 Å². The van der Waals surface area contributed by atoms with Crippen LogP contribution in [0.25, 0.3) is 11.7 Å². The first kappa shape index (κ1) is 17.8. The SMILES string of the molecule is CCOc1ccccc1N1CC[NH+](Cn2nc(-c3ccco3)oc2=S)CC1. The first-order chi connectivity index (χ1) is 13.2. The lowest BCUT2D eigenvalue weighted by Gasteiger charge is -2.34. The van der Waals surface area contributed by atoms with E-state index < -0.39 is 0 Å². The van der Waals surface area contributed by atoms with E-state index in [9.17, 15) is 0 Å². The average molecular weight is 387 g/mol. The van der Waals surface area contributed by atoms with Crippen LogP contribution in [0.5, 0.6) is 5.75 Å². The van der Waals surface area contributed by atoms with E-state index in [-0.39, 0.29) is 0 Å². The summed E-state index contributed by atoms with van der Waals surface area (Å²) in [5.41, 5.74) is 1.16. The fourth-order valence-corrected chi connectivity index (χ4v) is 3.52. The van der Waals surface area contributed by atoms with Gasteiger partial charge in [-0.2, -0.15) is 4.68 Å². The summed E-state index contributed by atoms with van der Waals surface area (Å²) in [5.74, 6) is 1.96. The van der Waals surface area contributed by atoms with E-state index in [4.69, 9.17) is 25.8 Å². The summed E-state index contributed by atoms with van der Waals surface area (Å²) in [6.45, 7) is 7.26. The molecule has 1 fully saturated rings. The van der Waals surface area contributed by atoms with Crippen molar-refractivity contribution in [2.45, 2.75) is 13.6 Å². The minimum absolute atomic E-state index is 0.373. The zero-order valence-corrected chi connectivity index (χ0v) is 16.1. The Balaban J connectivity index is 1.40. The van der Waals surface area contributed by atoms with Gasteiger partial charge in [0, 0.05) is 0 Å². The maximum atomic E-state index is 5.77. The van der Waals surface area contributed by atoms with Crippen molar-refractivity contribution in [1.82, 2.24) is 9.78 Å². The molecule has 0 amide bonds. The van der Waals surface area contributed by atoms with Gasteiger partial charge in [0.25, 0.3) is 10.7 Å². The number of rotatable bonds is 6. The van der Waals surface area contributed by atoms with Gasteiger partial charge in [-0.1, -0.05) is 12.1 Å². The van der Waals surface area contributed by atoms with Gasteiger partial charge >= 0.3 is 0 Å². The molecule has 1 aliphatic rings. The number of aromatic nitrogens is 2. The number of nitrogens with zero attached hydrogens (tertiary/aromatic N) is 3. The summed E-state index contributed by atoms with van der Waals surface area (Å²) in [4.78, 5) is 4.17. The van der Waals surface area contributed by atoms with E-state index in [0.29, 0.717) is 29.8 Å². The number of quaternary nitrogens is 1. The van der Waals surface area contributed by atoms with Crippen LogP contribution in [0.3, 0.4) is 0 Å². The lowest BCUT2D eigenvalue weighted by Crippen LogP contribution is -3.14. The van der Waals surface area contributed by atoms with Crippen LogP contribution in [0.2, 0.25) is 0 Å². The van der Waals surface area contributed by atoms with Crippen LogP contribution in [0.15, 0.2) is 51.5 Å². The minimum Gasteiger partial charge on any atom is -0.492 e. The topological polar surface area (TPSA) is 61.0 Å². The second-order valence-electron chi connectivity index (χ2n) is 6.45. The minimum atomic E-state index is 0.373. The molecule has 1 aromatic carbocycles. The van der Waals surface area contributed by atoms with Gasteiger partial charge in [-0.25, -0.2) is 0 Å². The van der Waals surface area contributed by atoms with E-state index >= 15 is 0 Å². The number of anilines is 1. The van der Waals surface area contributed by atoms with E-state index in [2.05, 4.69) is 22.1 Å². The summed E-state index contributed by atoms with van der Waals surface area (Å²) in [6, 6.07) is 11.8. The van der Waals surface area contributed by atoms with Gasteiger partial charge in [0.15, 0.2) is 12.4 Å². The summed E-state index contributed by atoms with van der Waals surface area (Å²) in [6.07, 6.45) is 1.59. The number of benzene rings is 1. The van der Waals surface area contributed by atoms with E-state index in [0.717, 1.165) is 37.6 Å². The molecular weight excluding hydrogens is 364 g/mol. The van der Waals surface area contributed by atoms with Gasteiger partial charge < -0.3 is 23.4 Å². The monoisotopic (exact) mass is 387 g/mol. The third-order valence-electron chi connectivity index (χ3n) is 4.69. The molecule has 27 heavy (non-hydrogen) atoms. The molecule has 1 N–H and O–H groups in total. The number of hydrogen-bond acceptors (Lipinski definition) is 6. The van der Waals surface area contributed by atoms with Crippen molar-refractivity contribution in [3.8, 4) is 17.4 Å². The molecule has 0 bridgehead atoms. The Bertz CT molecular complexity index is 927. The van der Waals surface area contributed by atoms with Crippen molar-refractivity contribution >= 4 is 17.9 Å². The Morgan fingerprint density at radius 2 is 2.00 bits per heavy atom. The van der Waals surface area contributed by atoms with Crippen LogP contribution in [0.1, 0.15) is 6.92 Å². The van der Waals surface area contributed by atoms with Crippen LogP contribution in [0, 0.1) is 4.84 Å². The molecule has 7 nitrogen and oxygen atoms in total. The average Bonchev–Trinajstić information content (AvgIpc) is 3.34. The number of para-hydroxylation sites is 2. The standard InChI is InChI=1S/C19H22N4O3S/c1-2-24-16-7-4-3-6-15(16)22-11-9-21(10-12-22)14-23-19(27)26-18(20-23)17-8-5-13-25-17/h3-8,13H,2,9-12,14H2,1H3/p+1. The van der Waals surface area contributed by atoms with Crippen molar-refractivity contribution in [3.63, 3.8) is 0 Å². The van der Waals surface area contributed by atoms with Gasteiger partial charge in [-0.15, -0.1) is 5.10 Å². The highest BCUT2D eigenvalue weighted by Crippen LogP contribution is 2.27. The van der Waals surface area contributed by atoms with Crippen LogP contribution in [-0.4, -0.2) is 42.6 Å². The van der Waals surface area contributed by atoms with Gasteiger partial charge in [0.05, 0.1) is 44.7 Å². The van der Waals surface area contributed by atoms with Crippen molar-refractivity contribution in [2.24, 2.45) is 0 Å². The van der Waals surface area contributed by atoms with Gasteiger partial charge in [-0.05, 0) is 43.4 Å². The van der Waals surface area contributed by atoms with Crippen LogP contribution >= 0.6 is 12.2 Å². The maximum absolute atomic E-state index is 5.77. The molecule has 3 heterocycles. The molecular formula is C19H23N4O3S+. The third kappa shape index (κ3) is 3.91. The molecule has 0 saturated carbocycles. The van der Waals surface area contributed by atoms with Crippen LogP contribution in [0.4, 0.5) is 5.69 Å². The van der Waals surface area contributed by atoms with E-state index in [1.165, 1.54) is 4.90 Å². The molecule has 1 saturated heterocycles. The van der Waals surface area contributed by atoms with E-state index in [1.54, 1.807) is 17.0 Å². The predicted molar refractivity (Wildman–Crippen MR) is 104 cm³/mol. The first-order valence-corrected chi connectivity index (χ1v) is 9.57. The lowest BCUT2D eigenvalue weighted by atomic mass is 10.2. The van der Waals surface area contributed by atoms with Crippen molar-refractivity contribution in [1.29, 1.82) is 0 Å². The number of ether oxygens (including phenoxy) is 1. The Morgan fingerprint density at radius 3 is 2.74 bits per heavy atom. The molecule has 142 valence electrons. The molecule has 2 aromatic heterocycles. The van der Waals surface area contributed by atoms with E-state index in [1.807, 2.05) is 25.1 Å². The highest BCUT2D eigenvalue weighted by molar-refractivity contribution is 7.71. The molecule has 1 aliphatic heterocycles. The second-order valence-corrected chi connectivity index (χ2v) is 6.80. The molecule has 3 aromatic rings. The second kappa shape index (κ2) is 7.98. The third-order valence-corrected chi connectivity index (χ3v) is 4.98. The smallest absolute Gasteiger partial charge is 0.292 e. The molecule has 0 spiro atoms. The number of nitrogens with one attached hydrogen (secondary N) is 1. The number of furan rings is 1. The first-order valence-electron chi connectivity index (χ1n) is 9.16. The van der Waals surface area contributed by atoms with Gasteiger partial charge in [-0.3, -0.25) is 0 Å². The number of piperazine rings is 1. The molecule has 4 rings (SSSR count). The zero-order valence-electron chi connectivity index (χ0n) is 15.3. The summed E-state index contributed by atoms with van der Waals surface area (Å²) >= 11 is 5.31. The van der Waals surface area contributed by atoms with Crippen LogP contribution in [-0.2, 0) is 6.67 Å². The predicted octanol–water partition coefficient (Wildman–Crippen LogP) is 2.23. The van der Waals surface area contributed by atoms with Crippen molar-refractivity contribution in [2.75, 3.05) is 37.7 Å². The Hall–Kier alpha value is -2.58. The Labute approximate surface area is 162 Å². The normalized spacial score (nSPS) is 15.2. The van der Waals surface area contributed by atoms with Gasteiger partial charge in [0.2, 0.25) is 0 Å². The summed E-state index contributed by atoms with van der Waals surface area (Å²) < 4.78 is 18.4.